The molecule has 3 heterocycles. The van der Waals surface area contributed by atoms with Crippen molar-refractivity contribution in [3.63, 3.8) is 0 Å². The van der Waals surface area contributed by atoms with E-state index in [0.717, 1.165) is 76.6 Å². The molecule has 2 fully saturated rings. The van der Waals surface area contributed by atoms with Crippen LogP contribution in [0.2, 0.25) is 0 Å². The molecule has 3 aromatic rings. The van der Waals surface area contributed by atoms with Gasteiger partial charge in [0.25, 0.3) is 5.91 Å². The third kappa shape index (κ3) is 6.26. The smallest absolute Gasteiger partial charge is 0.303 e. The van der Waals surface area contributed by atoms with E-state index in [4.69, 9.17) is 4.74 Å². The fourth-order valence-electron chi connectivity index (χ4n) is 8.71. The Morgan fingerprint density at radius 2 is 1.71 bits per heavy atom. The highest BCUT2D eigenvalue weighted by Gasteiger charge is 2.56. The van der Waals surface area contributed by atoms with Gasteiger partial charge in [-0.15, -0.1) is 0 Å². The van der Waals surface area contributed by atoms with Crippen molar-refractivity contribution in [1.29, 1.82) is 0 Å². The minimum atomic E-state index is -3.99. The molecule has 1 aromatic heterocycles. The molecular formula is C37H52N6O5S. The summed E-state index contributed by atoms with van der Waals surface area (Å²) in [6.07, 6.45) is 5.66. The van der Waals surface area contributed by atoms with E-state index in [1.807, 2.05) is 32.3 Å². The van der Waals surface area contributed by atoms with Gasteiger partial charge in [0.15, 0.2) is 0 Å². The lowest BCUT2D eigenvalue weighted by Gasteiger charge is -2.36. The first-order chi connectivity index (χ1) is 23.2. The van der Waals surface area contributed by atoms with Crippen LogP contribution in [0.4, 0.5) is 0 Å². The molecule has 3 aliphatic rings. The molecule has 12 heteroatoms. The average molecular weight is 693 g/mol. The van der Waals surface area contributed by atoms with Crippen LogP contribution in [0.3, 0.4) is 0 Å². The van der Waals surface area contributed by atoms with E-state index in [1.165, 1.54) is 26.1 Å². The molecular weight excluding hydrogens is 641 g/mol. The Morgan fingerprint density at radius 1 is 1.00 bits per heavy atom. The predicted molar refractivity (Wildman–Crippen MR) is 193 cm³/mol. The molecule has 2 aliphatic heterocycles. The highest BCUT2D eigenvalue weighted by Crippen LogP contribution is 2.55. The van der Waals surface area contributed by atoms with Gasteiger partial charge in [0.1, 0.15) is 5.75 Å². The molecule has 0 bridgehead atoms. The van der Waals surface area contributed by atoms with Crippen LogP contribution >= 0.6 is 0 Å². The first-order valence-corrected chi connectivity index (χ1v) is 18.8. The maximum Gasteiger partial charge on any atom is 0.303 e. The fourth-order valence-corrected chi connectivity index (χ4v) is 9.24. The van der Waals surface area contributed by atoms with Crippen molar-refractivity contribution in [1.82, 2.24) is 28.3 Å². The highest BCUT2D eigenvalue weighted by atomic mass is 32.2. The van der Waals surface area contributed by atoms with Gasteiger partial charge in [-0.25, -0.2) is 4.72 Å². The number of carbonyl (C=O) groups excluding carboxylic acids is 2. The molecule has 1 saturated carbocycles. The zero-order chi connectivity index (χ0) is 35.4. The van der Waals surface area contributed by atoms with Gasteiger partial charge >= 0.3 is 10.2 Å². The van der Waals surface area contributed by atoms with Crippen LogP contribution in [0, 0.1) is 5.41 Å². The summed E-state index contributed by atoms with van der Waals surface area (Å²) in [4.78, 5) is 34.6. The van der Waals surface area contributed by atoms with Crippen molar-refractivity contribution in [3.8, 4) is 17.0 Å². The summed E-state index contributed by atoms with van der Waals surface area (Å²) in [5, 5.41) is 1.05. The molecule has 0 radical (unpaired) electrons. The Bertz CT molecular complexity index is 1860. The summed E-state index contributed by atoms with van der Waals surface area (Å²) in [5.74, 6) is 0.361. The van der Waals surface area contributed by atoms with E-state index in [9.17, 15) is 18.0 Å². The van der Waals surface area contributed by atoms with Crippen LogP contribution in [0.25, 0.3) is 22.2 Å². The number of methoxy groups -OCH3 is 1. The molecule has 266 valence electrons. The zero-order valence-corrected chi connectivity index (χ0v) is 31.1. The molecule has 1 N–H and O–H groups in total. The van der Waals surface area contributed by atoms with Crippen molar-refractivity contribution in [3.05, 3.63) is 53.1 Å². The average Bonchev–Trinajstić information content (AvgIpc) is 3.57. The number of nitrogens with one attached hydrogen (secondary N) is 1. The van der Waals surface area contributed by atoms with Crippen LogP contribution in [0.1, 0.15) is 72.3 Å². The van der Waals surface area contributed by atoms with Gasteiger partial charge in [0.2, 0.25) is 5.91 Å². The van der Waals surface area contributed by atoms with E-state index < -0.39 is 21.5 Å². The van der Waals surface area contributed by atoms with Crippen LogP contribution in [0.15, 0.2) is 36.4 Å². The highest BCUT2D eigenvalue weighted by molar-refractivity contribution is 7.87. The van der Waals surface area contributed by atoms with Crippen LogP contribution in [-0.4, -0.2) is 119 Å². The third-order valence-corrected chi connectivity index (χ3v) is 12.5. The van der Waals surface area contributed by atoms with Gasteiger partial charge in [-0.1, -0.05) is 25.3 Å². The van der Waals surface area contributed by atoms with E-state index in [1.54, 1.807) is 18.1 Å². The van der Waals surface area contributed by atoms with Gasteiger partial charge < -0.3 is 19.1 Å². The lowest BCUT2D eigenvalue weighted by Crippen LogP contribution is -2.48. The van der Waals surface area contributed by atoms with E-state index in [-0.39, 0.29) is 23.4 Å². The number of aromatic nitrogens is 1. The number of amides is 2. The number of carbonyl (C=O) groups is 2. The molecule has 1 unspecified atom stereocenters. The maximum atomic E-state index is 14.8. The number of nitrogens with zero attached hydrogens (tertiary/aromatic N) is 5. The second-order valence-corrected chi connectivity index (χ2v) is 16.9. The minimum Gasteiger partial charge on any atom is -0.497 e. The molecule has 49 heavy (non-hydrogen) atoms. The number of hydrogen-bond donors (Lipinski definition) is 1. The second kappa shape index (κ2) is 13.4. The summed E-state index contributed by atoms with van der Waals surface area (Å²) in [6.45, 7) is 4.83. The number of likely N-dealkylation sites (N-methyl/N-ethyl adjacent to an activating group) is 1. The quantitative estimate of drug-likeness (QED) is 0.356. The Hall–Kier alpha value is -3.45. The molecule has 1 saturated heterocycles. The first-order valence-electron chi connectivity index (χ1n) is 17.4. The van der Waals surface area contributed by atoms with Gasteiger partial charge in [-0.05, 0) is 81.2 Å². The van der Waals surface area contributed by atoms with Crippen molar-refractivity contribution >= 4 is 32.9 Å². The Balaban J connectivity index is 1.64. The topological polar surface area (TPSA) is 107 Å². The van der Waals surface area contributed by atoms with Gasteiger partial charge in [-0.3, -0.25) is 14.5 Å². The standard InChI is InChI=1S/C37H52N6O5S/c1-24(20-39(2)3)42-21-31-30-19-27(48-8)15-17-28(30)34-33(25-12-10-9-11-13-25)29-16-14-26(35(44)38-49(46,47)41(6)7)18-32(29)43(34)23-37(31,22-42)36(45)40(4)5/h14-19,24-25,31H,9-13,20-23H2,1-8H3,(H,38,44)/t24?,31-,37-/m1/s1. The van der Waals surface area contributed by atoms with E-state index in [0.29, 0.717) is 19.0 Å². The van der Waals surface area contributed by atoms with Crippen LogP contribution in [0.5, 0.6) is 5.75 Å². The monoisotopic (exact) mass is 692 g/mol. The molecule has 1 aliphatic carbocycles. The molecule has 3 atom stereocenters. The Labute approximate surface area is 291 Å². The molecule has 2 amide bonds. The number of rotatable bonds is 9. The molecule has 2 aromatic carbocycles. The predicted octanol–water partition coefficient (Wildman–Crippen LogP) is 4.34. The summed E-state index contributed by atoms with van der Waals surface area (Å²) in [5.41, 5.74) is 4.87. The number of likely N-dealkylation sites (tertiary alicyclic amines) is 1. The number of hydrogen-bond acceptors (Lipinski definition) is 7. The van der Waals surface area contributed by atoms with Crippen molar-refractivity contribution in [2.75, 3.05) is 69.0 Å². The zero-order valence-electron chi connectivity index (χ0n) is 30.2. The maximum absolute atomic E-state index is 14.8. The summed E-state index contributed by atoms with van der Waals surface area (Å²) in [6, 6.07) is 12.1. The Kier molecular flexibility index (Phi) is 9.64. The Morgan fingerprint density at radius 3 is 2.35 bits per heavy atom. The normalized spacial score (nSPS) is 22.0. The lowest BCUT2D eigenvalue weighted by molar-refractivity contribution is -0.140. The number of benzene rings is 2. The van der Waals surface area contributed by atoms with E-state index in [2.05, 4.69) is 52.2 Å². The van der Waals surface area contributed by atoms with Crippen molar-refractivity contribution in [2.24, 2.45) is 5.41 Å². The summed E-state index contributed by atoms with van der Waals surface area (Å²) in [7, 11) is 8.30. The number of ether oxygens (including phenoxy) is 1. The fraction of sp³-hybridized carbons (Fsp3) is 0.568. The molecule has 11 nitrogen and oxygen atoms in total. The number of fused-ring (bicyclic) bond motifs is 7. The largest absolute Gasteiger partial charge is 0.497 e. The molecule has 0 spiro atoms. The van der Waals surface area contributed by atoms with Gasteiger partial charge in [0, 0.05) is 88.4 Å². The van der Waals surface area contributed by atoms with E-state index >= 15 is 0 Å². The first kappa shape index (κ1) is 35.4. The SMILES string of the molecule is COc1ccc2c(c1)[C@H]1CN(C(C)CN(C)C)C[C@@]1(C(=O)N(C)C)Cn1c-2c(C2CCCCC2)c2ccc(C(=O)NS(=O)(=O)N(C)C)cc21. The van der Waals surface area contributed by atoms with Gasteiger partial charge in [-0.2, -0.15) is 12.7 Å². The minimum absolute atomic E-state index is 0.0747. The van der Waals surface area contributed by atoms with Gasteiger partial charge in [0.05, 0.1) is 18.2 Å². The lowest BCUT2D eigenvalue weighted by atomic mass is 9.72. The summed E-state index contributed by atoms with van der Waals surface area (Å²) < 4.78 is 36.6. The van der Waals surface area contributed by atoms with Crippen molar-refractivity contribution < 1.29 is 22.7 Å². The van der Waals surface area contributed by atoms with Crippen LogP contribution < -0.4 is 9.46 Å². The van der Waals surface area contributed by atoms with Crippen molar-refractivity contribution in [2.45, 2.75) is 63.5 Å². The van der Waals surface area contributed by atoms with Crippen LogP contribution in [-0.2, 0) is 21.5 Å². The third-order valence-electron chi connectivity index (χ3n) is 11.1. The molecule has 6 rings (SSSR count). The summed E-state index contributed by atoms with van der Waals surface area (Å²) >= 11 is 0. The second-order valence-electron chi connectivity index (χ2n) is 15.0.